The topological polar surface area (TPSA) is 36.4 Å². The zero-order valence-corrected chi connectivity index (χ0v) is 19.9. The lowest BCUT2D eigenvalue weighted by atomic mass is 10.2. The van der Waals surface area contributed by atoms with Gasteiger partial charge in [-0.3, -0.25) is 9.69 Å². The molecule has 1 aromatic heterocycles. The predicted molar refractivity (Wildman–Crippen MR) is 128 cm³/mol. The van der Waals surface area contributed by atoms with Crippen LogP contribution in [0.2, 0.25) is 5.02 Å². The number of likely N-dealkylation sites (N-methyl/N-ethyl adjacent to an activating group) is 1. The Labute approximate surface area is 188 Å². The van der Waals surface area contributed by atoms with Crippen molar-refractivity contribution >= 4 is 66.8 Å². The molecule has 0 unspecified atom stereocenters. The lowest BCUT2D eigenvalue weighted by molar-refractivity contribution is 0.0983. The summed E-state index contributed by atoms with van der Waals surface area (Å²) in [7, 11) is 0. The van der Waals surface area contributed by atoms with Gasteiger partial charge in [0.1, 0.15) is 0 Å². The molecule has 0 atom stereocenters. The Morgan fingerprint density at radius 3 is 2.57 bits per heavy atom. The van der Waals surface area contributed by atoms with Gasteiger partial charge in [-0.1, -0.05) is 48.9 Å². The highest BCUT2D eigenvalue weighted by molar-refractivity contribution is 14.1. The summed E-state index contributed by atoms with van der Waals surface area (Å²) < 4.78 is 1.95. The molecular weight excluding hydrogens is 505 g/mol. The highest BCUT2D eigenvalue weighted by atomic mass is 127. The Balaban J connectivity index is 2.02. The van der Waals surface area contributed by atoms with E-state index in [9.17, 15) is 4.79 Å². The fraction of sp³-hybridized carbons (Fsp3) is 0.333. The van der Waals surface area contributed by atoms with Crippen LogP contribution in [-0.4, -0.2) is 42.0 Å². The molecule has 0 aliphatic carbocycles. The number of amides is 1. The minimum atomic E-state index is -0.0139. The summed E-state index contributed by atoms with van der Waals surface area (Å²) in [6.07, 6.45) is 0. The van der Waals surface area contributed by atoms with Crippen LogP contribution >= 0.6 is 45.5 Å². The average Bonchev–Trinajstić information content (AvgIpc) is 3.09. The number of carbonyl (C=O) groups is 1. The molecule has 0 saturated carbocycles. The molecule has 0 saturated heterocycles. The van der Waals surface area contributed by atoms with Gasteiger partial charge in [0, 0.05) is 21.7 Å². The van der Waals surface area contributed by atoms with Crippen LogP contribution in [0.4, 0.5) is 5.13 Å². The standard InChI is InChI=1S/C21H23ClIN3OS/c1-4-25(5-2)10-11-26(20(27)16-8-6-7-9-17(16)23)21-24-19-14(3)12-15(22)13-18(19)28-21/h6-9,12-13H,4-5,10-11H2,1-3H3. The van der Waals surface area contributed by atoms with Gasteiger partial charge in [0.05, 0.1) is 15.8 Å². The van der Waals surface area contributed by atoms with Crippen LogP contribution in [0.25, 0.3) is 10.2 Å². The lowest BCUT2D eigenvalue weighted by Crippen LogP contribution is -2.39. The third-order valence-corrected chi connectivity index (χ3v) is 6.94. The van der Waals surface area contributed by atoms with Gasteiger partial charge < -0.3 is 4.90 Å². The lowest BCUT2D eigenvalue weighted by Gasteiger charge is -2.25. The molecule has 4 nitrogen and oxygen atoms in total. The molecule has 148 valence electrons. The predicted octanol–water partition coefficient (Wildman–Crippen LogP) is 5.85. The van der Waals surface area contributed by atoms with Gasteiger partial charge >= 0.3 is 0 Å². The first-order valence-corrected chi connectivity index (χ1v) is 11.6. The van der Waals surface area contributed by atoms with E-state index in [-0.39, 0.29) is 5.91 Å². The average molecular weight is 528 g/mol. The molecule has 3 aromatic rings. The van der Waals surface area contributed by atoms with Crippen molar-refractivity contribution in [1.82, 2.24) is 9.88 Å². The van der Waals surface area contributed by atoms with Crippen LogP contribution in [-0.2, 0) is 0 Å². The number of aromatic nitrogens is 1. The van der Waals surface area contributed by atoms with Crippen molar-refractivity contribution in [2.45, 2.75) is 20.8 Å². The number of rotatable bonds is 7. The Hall–Kier alpha value is -1.22. The first kappa shape index (κ1) is 21.5. The van der Waals surface area contributed by atoms with E-state index in [0.717, 1.165) is 44.1 Å². The second-order valence-corrected chi connectivity index (χ2v) is 9.14. The highest BCUT2D eigenvalue weighted by Crippen LogP contribution is 2.34. The number of halogens is 2. The molecule has 0 aliphatic heterocycles. The van der Waals surface area contributed by atoms with Crippen molar-refractivity contribution in [2.24, 2.45) is 0 Å². The Morgan fingerprint density at radius 1 is 1.18 bits per heavy atom. The summed E-state index contributed by atoms with van der Waals surface area (Å²) in [5.74, 6) is -0.0139. The Bertz CT molecular complexity index is 987. The third-order valence-electron chi connectivity index (χ3n) is 4.75. The van der Waals surface area contributed by atoms with E-state index in [1.54, 1.807) is 0 Å². The molecule has 0 radical (unpaired) electrons. The molecule has 28 heavy (non-hydrogen) atoms. The number of anilines is 1. The number of nitrogens with zero attached hydrogens (tertiary/aromatic N) is 3. The Kier molecular flexibility index (Phi) is 7.31. The van der Waals surface area contributed by atoms with E-state index < -0.39 is 0 Å². The van der Waals surface area contributed by atoms with Crippen molar-refractivity contribution < 1.29 is 4.79 Å². The first-order chi connectivity index (χ1) is 13.4. The van der Waals surface area contributed by atoms with Gasteiger partial charge in [-0.25, -0.2) is 4.98 Å². The number of carbonyl (C=O) groups excluding carboxylic acids is 1. The summed E-state index contributed by atoms with van der Waals surface area (Å²) in [6.45, 7) is 9.58. The minimum Gasteiger partial charge on any atom is -0.302 e. The fourth-order valence-electron chi connectivity index (χ4n) is 3.10. The summed E-state index contributed by atoms with van der Waals surface area (Å²) >= 11 is 9.96. The normalized spacial score (nSPS) is 11.4. The molecule has 3 rings (SSSR count). The highest BCUT2D eigenvalue weighted by Gasteiger charge is 2.23. The smallest absolute Gasteiger partial charge is 0.261 e. The van der Waals surface area contributed by atoms with Gasteiger partial charge in [0.25, 0.3) is 5.91 Å². The van der Waals surface area contributed by atoms with Gasteiger partial charge in [0.2, 0.25) is 0 Å². The van der Waals surface area contributed by atoms with Crippen LogP contribution in [0, 0.1) is 10.5 Å². The van der Waals surface area contributed by atoms with Crippen LogP contribution in [0.1, 0.15) is 29.8 Å². The molecule has 1 amide bonds. The molecule has 0 aliphatic rings. The molecule has 0 N–H and O–H groups in total. The van der Waals surface area contributed by atoms with Gasteiger partial charge in [-0.15, -0.1) is 0 Å². The number of hydrogen-bond donors (Lipinski definition) is 0. The number of aryl methyl sites for hydroxylation is 1. The van der Waals surface area contributed by atoms with E-state index >= 15 is 0 Å². The maximum Gasteiger partial charge on any atom is 0.261 e. The molecule has 0 bridgehead atoms. The largest absolute Gasteiger partial charge is 0.302 e. The molecule has 7 heteroatoms. The van der Waals surface area contributed by atoms with Gasteiger partial charge in [-0.2, -0.15) is 0 Å². The van der Waals surface area contributed by atoms with Crippen LogP contribution in [0.5, 0.6) is 0 Å². The summed E-state index contributed by atoms with van der Waals surface area (Å²) in [4.78, 5) is 22.4. The quantitative estimate of drug-likeness (QED) is 0.362. The second kappa shape index (κ2) is 9.52. The minimum absolute atomic E-state index is 0.0139. The van der Waals surface area contributed by atoms with Crippen LogP contribution in [0.15, 0.2) is 36.4 Å². The maximum absolute atomic E-state index is 13.4. The number of benzene rings is 2. The molecule has 0 fully saturated rings. The molecule has 0 spiro atoms. The van der Waals surface area contributed by atoms with E-state index in [1.807, 2.05) is 48.2 Å². The van der Waals surface area contributed by atoms with Crippen molar-refractivity contribution in [3.63, 3.8) is 0 Å². The van der Waals surface area contributed by atoms with E-state index in [2.05, 4.69) is 41.3 Å². The molecule has 1 heterocycles. The van der Waals surface area contributed by atoms with Gasteiger partial charge in [-0.05, 0) is 72.4 Å². The summed E-state index contributed by atoms with van der Waals surface area (Å²) in [5, 5.41) is 1.41. The summed E-state index contributed by atoms with van der Waals surface area (Å²) in [5.41, 5.74) is 2.64. The van der Waals surface area contributed by atoms with Crippen molar-refractivity contribution in [3.05, 3.63) is 56.1 Å². The first-order valence-electron chi connectivity index (χ1n) is 9.30. The fourth-order valence-corrected chi connectivity index (χ4v) is 5.17. The molecule has 2 aromatic carbocycles. The van der Waals surface area contributed by atoms with Crippen LogP contribution < -0.4 is 4.90 Å². The number of fused-ring (bicyclic) bond motifs is 1. The van der Waals surface area contributed by atoms with Crippen molar-refractivity contribution in [2.75, 3.05) is 31.1 Å². The van der Waals surface area contributed by atoms with E-state index in [4.69, 9.17) is 16.6 Å². The van der Waals surface area contributed by atoms with Crippen molar-refractivity contribution in [3.8, 4) is 0 Å². The van der Waals surface area contributed by atoms with Crippen LogP contribution in [0.3, 0.4) is 0 Å². The van der Waals surface area contributed by atoms with Crippen molar-refractivity contribution in [1.29, 1.82) is 0 Å². The number of hydrogen-bond acceptors (Lipinski definition) is 4. The Morgan fingerprint density at radius 2 is 1.89 bits per heavy atom. The van der Waals surface area contributed by atoms with Gasteiger partial charge in [0.15, 0.2) is 5.13 Å². The SMILES string of the molecule is CCN(CC)CCN(C(=O)c1ccccc1I)c1nc2c(C)cc(Cl)cc2s1. The maximum atomic E-state index is 13.4. The monoisotopic (exact) mass is 527 g/mol. The zero-order chi connectivity index (χ0) is 20.3. The van der Waals surface area contributed by atoms with E-state index in [1.165, 1.54) is 11.3 Å². The third kappa shape index (κ3) is 4.67. The number of thiazole rings is 1. The summed E-state index contributed by atoms with van der Waals surface area (Å²) in [6, 6.07) is 11.5. The van der Waals surface area contributed by atoms with E-state index in [0.29, 0.717) is 17.1 Å². The zero-order valence-electron chi connectivity index (χ0n) is 16.2. The second-order valence-electron chi connectivity index (χ2n) is 6.53. The molecular formula is C21H23ClIN3OS.